The fourth-order valence-electron chi connectivity index (χ4n) is 2.29. The quantitative estimate of drug-likeness (QED) is 0.763. The minimum Gasteiger partial charge on any atom is -0.493 e. The minimum atomic E-state index is -0.341. The van der Waals surface area contributed by atoms with Gasteiger partial charge >= 0.3 is 0 Å². The molecule has 0 aromatic heterocycles. The van der Waals surface area contributed by atoms with E-state index in [9.17, 15) is 9.18 Å². The first-order valence-electron chi connectivity index (χ1n) is 6.56. The standard InChI is InChI=1S/C15H19FO2/c1-10(2)7-14(17)13-9-12(16)8-11-5-3-4-6-18-15(11)13/h8-10H,3-7H2,1-2H3. The second-order valence-electron chi connectivity index (χ2n) is 5.27. The molecule has 1 aliphatic heterocycles. The van der Waals surface area contributed by atoms with Crippen LogP contribution in [-0.4, -0.2) is 12.4 Å². The van der Waals surface area contributed by atoms with Crippen LogP contribution in [0, 0.1) is 11.7 Å². The van der Waals surface area contributed by atoms with Crippen molar-refractivity contribution in [1.82, 2.24) is 0 Å². The van der Waals surface area contributed by atoms with Gasteiger partial charge in [-0.3, -0.25) is 4.79 Å². The Morgan fingerprint density at radius 3 is 2.89 bits per heavy atom. The van der Waals surface area contributed by atoms with E-state index in [0.717, 1.165) is 24.8 Å². The lowest BCUT2D eigenvalue weighted by Gasteiger charge is -2.13. The third-order valence-corrected chi connectivity index (χ3v) is 3.11. The molecule has 18 heavy (non-hydrogen) atoms. The number of carbonyl (C=O) groups is 1. The molecular formula is C15H19FO2. The van der Waals surface area contributed by atoms with E-state index in [-0.39, 0.29) is 17.5 Å². The highest BCUT2D eigenvalue weighted by Gasteiger charge is 2.20. The van der Waals surface area contributed by atoms with Crippen molar-refractivity contribution in [3.63, 3.8) is 0 Å². The van der Waals surface area contributed by atoms with Gasteiger partial charge in [0.25, 0.3) is 0 Å². The van der Waals surface area contributed by atoms with E-state index in [2.05, 4.69) is 0 Å². The lowest BCUT2D eigenvalue weighted by Crippen LogP contribution is -2.08. The topological polar surface area (TPSA) is 26.3 Å². The Kier molecular flexibility index (Phi) is 4.00. The number of hydrogen-bond acceptors (Lipinski definition) is 2. The predicted molar refractivity (Wildman–Crippen MR) is 68.6 cm³/mol. The van der Waals surface area contributed by atoms with Gasteiger partial charge in [-0.05, 0) is 42.9 Å². The van der Waals surface area contributed by atoms with Crippen LogP contribution in [0.5, 0.6) is 5.75 Å². The number of benzene rings is 1. The van der Waals surface area contributed by atoms with Crippen LogP contribution in [0.2, 0.25) is 0 Å². The molecule has 0 bridgehead atoms. The number of rotatable bonds is 3. The summed E-state index contributed by atoms with van der Waals surface area (Å²) >= 11 is 0. The molecule has 0 spiro atoms. The van der Waals surface area contributed by atoms with E-state index < -0.39 is 0 Å². The number of carbonyl (C=O) groups excluding carboxylic acids is 1. The summed E-state index contributed by atoms with van der Waals surface area (Å²) in [5.74, 6) is 0.510. The second kappa shape index (κ2) is 5.51. The van der Waals surface area contributed by atoms with Gasteiger partial charge in [-0.15, -0.1) is 0 Å². The minimum absolute atomic E-state index is 0.0253. The molecule has 0 fully saturated rings. The van der Waals surface area contributed by atoms with Crippen LogP contribution in [-0.2, 0) is 6.42 Å². The molecule has 0 N–H and O–H groups in total. The van der Waals surface area contributed by atoms with Gasteiger partial charge in [0.05, 0.1) is 12.2 Å². The SMILES string of the molecule is CC(C)CC(=O)c1cc(F)cc2c1OCCCC2. The summed E-state index contributed by atoms with van der Waals surface area (Å²) in [6, 6.07) is 2.81. The van der Waals surface area contributed by atoms with E-state index in [1.807, 2.05) is 13.8 Å². The fourth-order valence-corrected chi connectivity index (χ4v) is 2.29. The van der Waals surface area contributed by atoms with Crippen molar-refractivity contribution in [2.75, 3.05) is 6.61 Å². The van der Waals surface area contributed by atoms with Crippen molar-refractivity contribution in [2.45, 2.75) is 39.5 Å². The zero-order chi connectivity index (χ0) is 13.1. The predicted octanol–water partition coefficient (Wildman–Crippen LogP) is 3.77. The van der Waals surface area contributed by atoms with Gasteiger partial charge in [0, 0.05) is 6.42 Å². The van der Waals surface area contributed by atoms with Gasteiger partial charge in [-0.1, -0.05) is 13.8 Å². The molecule has 2 rings (SSSR count). The largest absolute Gasteiger partial charge is 0.493 e. The van der Waals surface area contributed by atoms with E-state index in [4.69, 9.17) is 4.74 Å². The summed E-state index contributed by atoms with van der Waals surface area (Å²) in [6.07, 6.45) is 3.15. The van der Waals surface area contributed by atoms with Gasteiger partial charge in [0.1, 0.15) is 11.6 Å². The molecule has 1 aromatic rings. The first-order valence-corrected chi connectivity index (χ1v) is 6.56. The van der Waals surface area contributed by atoms with Gasteiger partial charge in [0.15, 0.2) is 5.78 Å². The Hall–Kier alpha value is -1.38. The van der Waals surface area contributed by atoms with Crippen LogP contribution in [0.3, 0.4) is 0 Å². The van der Waals surface area contributed by atoms with Crippen molar-refractivity contribution < 1.29 is 13.9 Å². The maximum Gasteiger partial charge on any atom is 0.166 e. The monoisotopic (exact) mass is 250 g/mol. The summed E-state index contributed by atoms with van der Waals surface area (Å²) < 4.78 is 19.2. The molecule has 0 saturated carbocycles. The first kappa shape index (κ1) is 13.1. The normalized spacial score (nSPS) is 14.9. The van der Waals surface area contributed by atoms with Crippen molar-refractivity contribution in [1.29, 1.82) is 0 Å². The van der Waals surface area contributed by atoms with Gasteiger partial charge < -0.3 is 4.74 Å². The van der Waals surface area contributed by atoms with Gasteiger partial charge in [-0.25, -0.2) is 4.39 Å². The van der Waals surface area contributed by atoms with E-state index in [1.54, 1.807) is 0 Å². The summed E-state index contributed by atoms with van der Waals surface area (Å²) in [4.78, 5) is 12.1. The van der Waals surface area contributed by atoms with Crippen LogP contribution in [0.25, 0.3) is 0 Å². The average molecular weight is 250 g/mol. The van der Waals surface area contributed by atoms with E-state index in [0.29, 0.717) is 24.3 Å². The molecule has 0 unspecified atom stereocenters. The Morgan fingerprint density at radius 1 is 1.39 bits per heavy atom. The van der Waals surface area contributed by atoms with Crippen LogP contribution < -0.4 is 4.74 Å². The number of aryl methyl sites for hydroxylation is 1. The van der Waals surface area contributed by atoms with Crippen LogP contribution in [0.1, 0.15) is 49.0 Å². The molecule has 0 aliphatic carbocycles. The number of ether oxygens (including phenoxy) is 1. The second-order valence-corrected chi connectivity index (χ2v) is 5.27. The summed E-state index contributed by atoms with van der Waals surface area (Å²) in [5, 5.41) is 0. The molecule has 0 atom stereocenters. The highest BCUT2D eigenvalue weighted by molar-refractivity contribution is 5.99. The lowest BCUT2D eigenvalue weighted by atomic mass is 9.97. The van der Waals surface area contributed by atoms with Crippen molar-refractivity contribution in [3.8, 4) is 5.75 Å². The smallest absolute Gasteiger partial charge is 0.166 e. The average Bonchev–Trinajstić information content (AvgIpc) is 2.51. The molecular weight excluding hydrogens is 231 g/mol. The van der Waals surface area contributed by atoms with Gasteiger partial charge in [0.2, 0.25) is 0 Å². The molecule has 0 saturated heterocycles. The first-order chi connectivity index (χ1) is 8.58. The maximum absolute atomic E-state index is 13.6. The van der Waals surface area contributed by atoms with Crippen LogP contribution in [0.15, 0.2) is 12.1 Å². The number of fused-ring (bicyclic) bond motifs is 1. The Labute approximate surface area is 107 Å². The number of halogens is 1. The Balaban J connectivity index is 2.39. The third-order valence-electron chi connectivity index (χ3n) is 3.11. The summed E-state index contributed by atoms with van der Waals surface area (Å²) in [7, 11) is 0. The Bertz CT molecular complexity index is 452. The third kappa shape index (κ3) is 2.89. The molecule has 0 amide bonds. The Morgan fingerprint density at radius 2 is 2.17 bits per heavy atom. The summed E-state index contributed by atoms with van der Waals surface area (Å²) in [6.45, 7) is 4.58. The summed E-state index contributed by atoms with van der Waals surface area (Å²) in [5.41, 5.74) is 1.25. The van der Waals surface area contributed by atoms with Crippen molar-refractivity contribution >= 4 is 5.78 Å². The van der Waals surface area contributed by atoms with Gasteiger partial charge in [-0.2, -0.15) is 0 Å². The molecule has 2 nitrogen and oxygen atoms in total. The van der Waals surface area contributed by atoms with Crippen molar-refractivity contribution in [3.05, 3.63) is 29.1 Å². The highest BCUT2D eigenvalue weighted by atomic mass is 19.1. The molecule has 98 valence electrons. The number of ketones is 1. The maximum atomic E-state index is 13.6. The molecule has 0 radical (unpaired) electrons. The zero-order valence-corrected chi connectivity index (χ0v) is 11.0. The van der Waals surface area contributed by atoms with Crippen molar-refractivity contribution in [2.24, 2.45) is 5.92 Å². The lowest BCUT2D eigenvalue weighted by molar-refractivity contribution is 0.0963. The van der Waals surface area contributed by atoms with E-state index >= 15 is 0 Å². The van der Waals surface area contributed by atoms with E-state index in [1.165, 1.54) is 12.1 Å². The fraction of sp³-hybridized carbons (Fsp3) is 0.533. The highest BCUT2D eigenvalue weighted by Crippen LogP contribution is 2.31. The molecule has 1 aliphatic rings. The number of Topliss-reactive ketones (excluding diaryl/α,β-unsaturated/α-hetero) is 1. The molecule has 1 heterocycles. The number of hydrogen-bond donors (Lipinski definition) is 0. The molecule has 1 aromatic carbocycles. The zero-order valence-electron chi connectivity index (χ0n) is 11.0. The van der Waals surface area contributed by atoms with Crippen LogP contribution in [0.4, 0.5) is 4.39 Å². The molecule has 3 heteroatoms. The van der Waals surface area contributed by atoms with Crippen LogP contribution >= 0.6 is 0 Å².